The zero-order valence-electron chi connectivity index (χ0n) is 11.3. The Morgan fingerprint density at radius 1 is 1.33 bits per heavy atom. The quantitative estimate of drug-likeness (QED) is 0.831. The molecule has 2 saturated heterocycles. The van der Waals surface area contributed by atoms with Crippen LogP contribution < -0.4 is 0 Å². The molecule has 1 unspecified atom stereocenters. The van der Waals surface area contributed by atoms with Gasteiger partial charge in [-0.05, 0) is 24.1 Å². The molecular formula is C14H15N2O5+. The van der Waals surface area contributed by atoms with Gasteiger partial charge in [-0.1, -0.05) is 12.1 Å². The fraction of sp³-hybridized carbons (Fsp3) is 0.429. The van der Waals surface area contributed by atoms with Crippen LogP contribution in [0.1, 0.15) is 24.5 Å². The Bertz CT molecular complexity index is 615. The summed E-state index contributed by atoms with van der Waals surface area (Å²) >= 11 is 0. The molecule has 21 heavy (non-hydrogen) atoms. The van der Waals surface area contributed by atoms with Gasteiger partial charge in [0.15, 0.2) is 6.04 Å². The summed E-state index contributed by atoms with van der Waals surface area (Å²) in [5, 5.41) is 9.47. The Labute approximate surface area is 120 Å². The van der Waals surface area contributed by atoms with Crippen LogP contribution in [-0.2, 0) is 9.53 Å². The largest absolute Gasteiger partial charge is 0.508 e. The average Bonchev–Trinajstić information content (AvgIpc) is 2.84. The van der Waals surface area contributed by atoms with Crippen molar-refractivity contribution >= 4 is 12.0 Å². The lowest BCUT2D eigenvalue weighted by Gasteiger charge is -2.22. The van der Waals surface area contributed by atoms with E-state index < -0.39 is 24.1 Å². The second-order valence-corrected chi connectivity index (χ2v) is 5.22. The molecule has 0 aliphatic carbocycles. The standard InChI is InChI=1S/C14H14N2O5/c17-10-4-1-3-9(7-10)12-8-15(14(19)21-12)11-5-2-6-16(20)13(11)18/h1,3-4,7,11-12H,2,5-6,8H2/p+1/t11?,12-/m1/s1. The highest BCUT2D eigenvalue weighted by Crippen LogP contribution is 2.31. The highest BCUT2D eigenvalue weighted by atomic mass is 16.6. The first kappa shape index (κ1) is 13.5. The van der Waals surface area contributed by atoms with Crippen molar-refractivity contribution in [1.29, 1.82) is 0 Å². The third kappa shape index (κ3) is 2.46. The number of carbonyl (C=O) groups excluding carboxylic acids is 2. The lowest BCUT2D eigenvalue weighted by atomic mass is 10.0. The summed E-state index contributed by atoms with van der Waals surface area (Å²) in [5.41, 5.74) is 0.660. The molecule has 2 aliphatic heterocycles. The van der Waals surface area contributed by atoms with E-state index in [-0.39, 0.29) is 18.8 Å². The number of carbonyl (C=O) groups is 2. The number of cyclic esters (lactones) is 1. The summed E-state index contributed by atoms with van der Waals surface area (Å²) in [6, 6.07) is 5.70. The third-order valence-electron chi connectivity index (χ3n) is 3.83. The lowest BCUT2D eigenvalue weighted by Crippen LogP contribution is -2.48. The van der Waals surface area contributed by atoms with E-state index in [2.05, 4.69) is 0 Å². The predicted octanol–water partition coefficient (Wildman–Crippen LogP) is 1.35. The molecule has 0 radical (unpaired) electrons. The first-order valence-electron chi connectivity index (χ1n) is 6.81. The monoisotopic (exact) mass is 291 g/mol. The maximum absolute atomic E-state index is 12.0. The Hall–Kier alpha value is -2.44. The van der Waals surface area contributed by atoms with Gasteiger partial charge in [0.1, 0.15) is 11.9 Å². The van der Waals surface area contributed by atoms with Gasteiger partial charge in [-0.2, -0.15) is 0 Å². The Balaban J connectivity index is 1.78. The van der Waals surface area contributed by atoms with Crippen LogP contribution in [0.2, 0.25) is 0 Å². The first-order chi connectivity index (χ1) is 10.1. The number of nitroso groups, excluding NO2 is 1. The number of phenolic OH excluding ortho intramolecular Hbond substituents is 1. The van der Waals surface area contributed by atoms with Gasteiger partial charge in [-0.15, -0.1) is 0 Å². The van der Waals surface area contributed by atoms with Crippen molar-refractivity contribution < 1.29 is 24.2 Å². The number of piperidine rings is 1. The van der Waals surface area contributed by atoms with Crippen LogP contribution in [0.15, 0.2) is 24.3 Å². The number of nitrogens with zero attached hydrogens (tertiary/aromatic N) is 2. The normalized spacial score (nSPS) is 26.1. The van der Waals surface area contributed by atoms with Crippen LogP contribution in [0.25, 0.3) is 0 Å². The van der Waals surface area contributed by atoms with E-state index in [4.69, 9.17) is 4.74 Å². The maximum Gasteiger partial charge on any atom is 0.455 e. The molecule has 0 saturated carbocycles. The van der Waals surface area contributed by atoms with E-state index in [0.717, 1.165) is 0 Å². The smallest absolute Gasteiger partial charge is 0.455 e. The zero-order chi connectivity index (χ0) is 15.0. The molecule has 7 nitrogen and oxygen atoms in total. The number of aromatic hydroxyl groups is 1. The van der Waals surface area contributed by atoms with Gasteiger partial charge in [0, 0.05) is 11.3 Å². The van der Waals surface area contributed by atoms with Crippen molar-refractivity contribution in [2.45, 2.75) is 25.0 Å². The zero-order valence-corrected chi connectivity index (χ0v) is 11.3. The van der Waals surface area contributed by atoms with E-state index >= 15 is 0 Å². The summed E-state index contributed by atoms with van der Waals surface area (Å²) < 4.78 is 5.66. The summed E-state index contributed by atoms with van der Waals surface area (Å²) in [6.45, 7) is 0.376. The molecule has 110 valence electrons. The lowest BCUT2D eigenvalue weighted by molar-refractivity contribution is -0.479. The minimum atomic E-state index is -0.744. The molecule has 2 aliphatic rings. The fourth-order valence-corrected chi connectivity index (χ4v) is 2.75. The van der Waals surface area contributed by atoms with Gasteiger partial charge >= 0.3 is 12.0 Å². The van der Waals surface area contributed by atoms with Crippen LogP contribution in [-0.4, -0.2) is 45.9 Å². The van der Waals surface area contributed by atoms with Crippen LogP contribution in [0, 0.1) is 4.91 Å². The van der Waals surface area contributed by atoms with Gasteiger partial charge in [0.25, 0.3) is 0 Å². The van der Waals surface area contributed by atoms with Crippen LogP contribution in [0.5, 0.6) is 5.75 Å². The van der Waals surface area contributed by atoms with Crippen molar-refractivity contribution in [3.63, 3.8) is 0 Å². The molecule has 3 rings (SSSR count). The van der Waals surface area contributed by atoms with Crippen LogP contribution >= 0.6 is 0 Å². The highest BCUT2D eigenvalue weighted by Gasteiger charge is 2.47. The van der Waals surface area contributed by atoms with Crippen molar-refractivity contribution in [2.24, 2.45) is 0 Å². The molecule has 0 bridgehead atoms. The average molecular weight is 291 g/mol. The second-order valence-electron chi connectivity index (χ2n) is 5.22. The molecule has 2 fully saturated rings. The number of rotatable bonds is 2. The molecule has 1 aromatic rings. The first-order valence-corrected chi connectivity index (χ1v) is 6.81. The van der Waals surface area contributed by atoms with Gasteiger partial charge in [0.2, 0.25) is 6.54 Å². The molecule has 7 heteroatoms. The SMILES string of the molecule is O=C1O[C@@H](c2cccc(O)c2)CN1C1CCC[N+](=O)C1=O. The molecule has 0 aromatic heterocycles. The van der Waals surface area contributed by atoms with E-state index in [1.165, 1.54) is 17.0 Å². The van der Waals surface area contributed by atoms with Crippen molar-refractivity contribution in [3.05, 3.63) is 34.7 Å². The van der Waals surface area contributed by atoms with Gasteiger partial charge in [-0.25, -0.2) is 9.59 Å². The molecule has 1 N–H and O–H groups in total. The Morgan fingerprint density at radius 2 is 2.14 bits per heavy atom. The minimum Gasteiger partial charge on any atom is -0.508 e. The summed E-state index contributed by atoms with van der Waals surface area (Å²) in [5.74, 6) is -0.503. The molecule has 2 amide bonds. The maximum atomic E-state index is 12.0. The van der Waals surface area contributed by atoms with Crippen LogP contribution in [0.3, 0.4) is 0 Å². The third-order valence-corrected chi connectivity index (χ3v) is 3.83. The predicted molar refractivity (Wildman–Crippen MR) is 70.6 cm³/mol. The summed E-state index contributed by atoms with van der Waals surface area (Å²) in [4.78, 5) is 36.6. The fourth-order valence-electron chi connectivity index (χ4n) is 2.75. The molecular weight excluding hydrogens is 276 g/mol. The van der Waals surface area contributed by atoms with Gasteiger partial charge < -0.3 is 9.84 Å². The number of hydrogen-bond donors (Lipinski definition) is 1. The van der Waals surface area contributed by atoms with E-state index in [0.29, 0.717) is 23.2 Å². The molecule has 2 heterocycles. The highest BCUT2D eigenvalue weighted by molar-refractivity contribution is 5.81. The van der Waals surface area contributed by atoms with E-state index in [1.54, 1.807) is 12.1 Å². The van der Waals surface area contributed by atoms with Crippen molar-refractivity contribution in [3.8, 4) is 5.75 Å². The number of ether oxygens (including phenoxy) is 1. The number of hydrogen-bond acceptors (Lipinski definition) is 5. The van der Waals surface area contributed by atoms with E-state index in [9.17, 15) is 19.6 Å². The van der Waals surface area contributed by atoms with Crippen LogP contribution in [0.4, 0.5) is 4.79 Å². The Kier molecular flexibility index (Phi) is 3.32. The summed E-state index contributed by atoms with van der Waals surface area (Å²) in [7, 11) is 0. The second kappa shape index (κ2) is 5.16. The van der Waals surface area contributed by atoms with E-state index in [1.807, 2.05) is 0 Å². The van der Waals surface area contributed by atoms with Gasteiger partial charge in [0.05, 0.1) is 11.3 Å². The van der Waals surface area contributed by atoms with Gasteiger partial charge in [-0.3, -0.25) is 4.90 Å². The molecule has 0 spiro atoms. The number of phenols is 1. The van der Waals surface area contributed by atoms with Crippen molar-refractivity contribution in [1.82, 2.24) is 4.90 Å². The Morgan fingerprint density at radius 3 is 2.90 bits per heavy atom. The number of amides is 2. The molecule has 2 atom stereocenters. The topological polar surface area (TPSA) is 86.9 Å². The molecule has 1 aromatic carbocycles. The number of benzene rings is 1. The minimum absolute atomic E-state index is 0.0847. The van der Waals surface area contributed by atoms with Crippen molar-refractivity contribution in [2.75, 3.05) is 13.1 Å². The summed E-state index contributed by atoms with van der Waals surface area (Å²) in [6.07, 6.45) is -0.101.